The lowest BCUT2D eigenvalue weighted by atomic mass is 10.1. The third-order valence-corrected chi connectivity index (χ3v) is 2.60. The molecule has 3 heteroatoms. The van der Waals surface area contributed by atoms with Crippen LogP contribution in [-0.4, -0.2) is 31.6 Å². The van der Waals surface area contributed by atoms with Gasteiger partial charge in [0.1, 0.15) is 6.10 Å². The van der Waals surface area contributed by atoms with Crippen molar-refractivity contribution in [1.29, 1.82) is 0 Å². The van der Waals surface area contributed by atoms with Gasteiger partial charge in [0.2, 0.25) is 0 Å². The van der Waals surface area contributed by atoms with Crippen molar-refractivity contribution in [3.63, 3.8) is 0 Å². The molecule has 2 aliphatic rings. The van der Waals surface area contributed by atoms with Crippen molar-refractivity contribution in [3.05, 3.63) is 0 Å². The predicted molar refractivity (Wildman–Crippen MR) is 48.4 cm³/mol. The molecule has 0 aliphatic carbocycles. The van der Waals surface area contributed by atoms with Crippen molar-refractivity contribution in [2.45, 2.75) is 25.9 Å². The van der Waals surface area contributed by atoms with Crippen LogP contribution in [0.2, 0.25) is 0 Å². The summed E-state index contributed by atoms with van der Waals surface area (Å²) in [5.74, 6) is 1.56. The molecule has 68 valence electrons. The number of nitrogens with zero attached hydrogens (tertiary/aromatic N) is 1. The molecule has 2 unspecified atom stereocenters. The summed E-state index contributed by atoms with van der Waals surface area (Å²) in [5.41, 5.74) is 0. The standard InChI is InChI=1S/C9H16N2O/c1-2-8-6-11-9(12-8)7-3-4-10-5-7/h7-8,10H,2-6H2,1H3. The van der Waals surface area contributed by atoms with E-state index in [1.54, 1.807) is 0 Å². The van der Waals surface area contributed by atoms with Crippen LogP contribution in [0.15, 0.2) is 4.99 Å². The molecule has 2 heterocycles. The normalized spacial score (nSPS) is 34.9. The fourth-order valence-electron chi connectivity index (χ4n) is 1.74. The molecule has 0 spiro atoms. The van der Waals surface area contributed by atoms with Gasteiger partial charge in [0.25, 0.3) is 0 Å². The van der Waals surface area contributed by atoms with Crippen molar-refractivity contribution in [3.8, 4) is 0 Å². The lowest BCUT2D eigenvalue weighted by molar-refractivity contribution is 0.207. The average molecular weight is 168 g/mol. The minimum absolute atomic E-state index is 0.362. The van der Waals surface area contributed by atoms with Gasteiger partial charge in [-0.1, -0.05) is 6.92 Å². The van der Waals surface area contributed by atoms with Gasteiger partial charge < -0.3 is 10.1 Å². The van der Waals surface area contributed by atoms with E-state index in [0.717, 1.165) is 32.0 Å². The molecule has 3 nitrogen and oxygen atoms in total. The summed E-state index contributed by atoms with van der Waals surface area (Å²) in [5, 5.41) is 3.32. The van der Waals surface area contributed by atoms with E-state index >= 15 is 0 Å². The number of rotatable bonds is 2. The molecule has 1 N–H and O–H groups in total. The summed E-state index contributed by atoms with van der Waals surface area (Å²) in [7, 11) is 0. The van der Waals surface area contributed by atoms with Gasteiger partial charge >= 0.3 is 0 Å². The van der Waals surface area contributed by atoms with Crippen molar-refractivity contribution >= 4 is 5.90 Å². The SMILES string of the molecule is CCC1CN=C(C2CCNC2)O1. The average Bonchev–Trinajstić information content (AvgIpc) is 2.75. The van der Waals surface area contributed by atoms with Crippen LogP contribution in [0.5, 0.6) is 0 Å². The molecule has 1 fully saturated rings. The van der Waals surface area contributed by atoms with E-state index in [4.69, 9.17) is 4.74 Å². The predicted octanol–water partition coefficient (Wildman–Crippen LogP) is 0.803. The van der Waals surface area contributed by atoms with Gasteiger partial charge in [0.05, 0.1) is 6.54 Å². The molecule has 2 atom stereocenters. The highest BCUT2D eigenvalue weighted by Crippen LogP contribution is 2.18. The molecule has 2 rings (SSSR count). The van der Waals surface area contributed by atoms with Gasteiger partial charge in [-0.3, -0.25) is 4.99 Å². The minimum atomic E-state index is 0.362. The Hall–Kier alpha value is -0.570. The highest BCUT2D eigenvalue weighted by atomic mass is 16.5. The van der Waals surface area contributed by atoms with Crippen LogP contribution >= 0.6 is 0 Å². The largest absolute Gasteiger partial charge is 0.475 e. The van der Waals surface area contributed by atoms with Gasteiger partial charge in [-0.2, -0.15) is 0 Å². The van der Waals surface area contributed by atoms with E-state index in [1.807, 2.05) is 0 Å². The Morgan fingerprint density at radius 2 is 2.58 bits per heavy atom. The highest BCUT2D eigenvalue weighted by Gasteiger charge is 2.27. The maximum absolute atomic E-state index is 5.70. The van der Waals surface area contributed by atoms with Crippen molar-refractivity contribution in [2.75, 3.05) is 19.6 Å². The molecule has 0 aromatic rings. The first-order valence-corrected chi connectivity index (χ1v) is 4.82. The minimum Gasteiger partial charge on any atom is -0.475 e. The van der Waals surface area contributed by atoms with Crippen LogP contribution < -0.4 is 5.32 Å². The van der Waals surface area contributed by atoms with E-state index in [0.29, 0.717) is 12.0 Å². The Labute approximate surface area is 73.2 Å². The first kappa shape index (κ1) is 8.05. The number of ether oxygens (including phenoxy) is 1. The molecule has 2 aliphatic heterocycles. The molecular formula is C9H16N2O. The molecule has 0 saturated carbocycles. The Kier molecular flexibility index (Phi) is 2.30. The zero-order valence-electron chi connectivity index (χ0n) is 7.55. The third-order valence-electron chi connectivity index (χ3n) is 2.60. The second-order valence-corrected chi connectivity index (χ2v) is 3.52. The Morgan fingerprint density at radius 3 is 3.17 bits per heavy atom. The van der Waals surface area contributed by atoms with Crippen LogP contribution in [0.3, 0.4) is 0 Å². The molecule has 0 bridgehead atoms. The smallest absolute Gasteiger partial charge is 0.188 e. The van der Waals surface area contributed by atoms with Gasteiger partial charge in [-0.05, 0) is 19.4 Å². The summed E-state index contributed by atoms with van der Waals surface area (Å²) >= 11 is 0. The van der Waals surface area contributed by atoms with Crippen LogP contribution in [-0.2, 0) is 4.74 Å². The summed E-state index contributed by atoms with van der Waals surface area (Å²) < 4.78 is 5.70. The Bertz CT molecular complexity index is 185. The van der Waals surface area contributed by atoms with E-state index in [-0.39, 0.29) is 0 Å². The summed E-state index contributed by atoms with van der Waals surface area (Å²) in [4.78, 5) is 4.42. The van der Waals surface area contributed by atoms with E-state index < -0.39 is 0 Å². The summed E-state index contributed by atoms with van der Waals surface area (Å²) in [6.07, 6.45) is 2.63. The fraction of sp³-hybridized carbons (Fsp3) is 0.889. The van der Waals surface area contributed by atoms with Crippen molar-refractivity contribution in [2.24, 2.45) is 10.9 Å². The maximum Gasteiger partial charge on any atom is 0.188 e. The topological polar surface area (TPSA) is 33.6 Å². The number of hydrogen-bond donors (Lipinski definition) is 1. The molecular weight excluding hydrogens is 152 g/mol. The van der Waals surface area contributed by atoms with E-state index in [2.05, 4.69) is 17.2 Å². The molecule has 12 heavy (non-hydrogen) atoms. The Morgan fingerprint density at radius 1 is 1.67 bits per heavy atom. The monoisotopic (exact) mass is 168 g/mol. The third kappa shape index (κ3) is 1.46. The number of nitrogens with one attached hydrogen (secondary N) is 1. The highest BCUT2D eigenvalue weighted by molar-refractivity contribution is 5.80. The van der Waals surface area contributed by atoms with Crippen molar-refractivity contribution in [1.82, 2.24) is 5.32 Å². The maximum atomic E-state index is 5.70. The zero-order valence-corrected chi connectivity index (χ0v) is 7.55. The molecule has 0 aromatic carbocycles. The second kappa shape index (κ2) is 3.44. The first-order valence-electron chi connectivity index (χ1n) is 4.82. The number of hydrogen-bond acceptors (Lipinski definition) is 3. The van der Waals surface area contributed by atoms with Crippen LogP contribution in [0, 0.1) is 5.92 Å². The van der Waals surface area contributed by atoms with Crippen LogP contribution in [0.25, 0.3) is 0 Å². The number of aliphatic imine (C=N–C) groups is 1. The lowest BCUT2D eigenvalue weighted by Crippen LogP contribution is -2.20. The molecule has 1 saturated heterocycles. The fourth-order valence-corrected chi connectivity index (χ4v) is 1.74. The van der Waals surface area contributed by atoms with Crippen LogP contribution in [0.1, 0.15) is 19.8 Å². The van der Waals surface area contributed by atoms with E-state index in [1.165, 1.54) is 6.42 Å². The van der Waals surface area contributed by atoms with Gasteiger partial charge in [0.15, 0.2) is 5.90 Å². The lowest BCUT2D eigenvalue weighted by Gasteiger charge is -2.11. The van der Waals surface area contributed by atoms with Gasteiger partial charge in [-0.25, -0.2) is 0 Å². The Balaban J connectivity index is 1.89. The quantitative estimate of drug-likeness (QED) is 0.661. The van der Waals surface area contributed by atoms with Crippen molar-refractivity contribution < 1.29 is 4.74 Å². The summed E-state index contributed by atoms with van der Waals surface area (Å²) in [6.45, 7) is 5.19. The zero-order chi connectivity index (χ0) is 8.39. The summed E-state index contributed by atoms with van der Waals surface area (Å²) in [6, 6.07) is 0. The first-order chi connectivity index (χ1) is 5.90. The second-order valence-electron chi connectivity index (χ2n) is 3.52. The molecule has 0 amide bonds. The van der Waals surface area contributed by atoms with Gasteiger partial charge in [0, 0.05) is 12.5 Å². The molecule has 0 aromatic heterocycles. The van der Waals surface area contributed by atoms with Crippen LogP contribution in [0.4, 0.5) is 0 Å². The van der Waals surface area contributed by atoms with Gasteiger partial charge in [-0.15, -0.1) is 0 Å². The molecule has 0 radical (unpaired) electrons. The van der Waals surface area contributed by atoms with E-state index in [9.17, 15) is 0 Å².